The van der Waals surface area contributed by atoms with Crippen molar-refractivity contribution in [2.45, 2.75) is 31.0 Å². The molecule has 0 N–H and O–H groups in total. The zero-order valence-electron chi connectivity index (χ0n) is 9.68. The van der Waals surface area contributed by atoms with E-state index in [4.69, 9.17) is 0 Å². The van der Waals surface area contributed by atoms with Gasteiger partial charge in [-0.25, -0.2) is 9.97 Å². The maximum absolute atomic E-state index is 10.8. The summed E-state index contributed by atoms with van der Waals surface area (Å²) in [7, 11) is 0. The van der Waals surface area contributed by atoms with Gasteiger partial charge in [-0.2, -0.15) is 0 Å². The fourth-order valence-corrected chi connectivity index (χ4v) is 3.42. The van der Waals surface area contributed by atoms with E-state index in [1.54, 1.807) is 18.3 Å². The van der Waals surface area contributed by atoms with E-state index in [0.717, 1.165) is 15.8 Å². The topological polar surface area (TPSA) is 65.9 Å². The van der Waals surface area contributed by atoms with Gasteiger partial charge in [-0.05, 0) is 26.3 Å². The molecular formula is C11H11N2O2S2-. The molecular weight excluding hydrogens is 256 g/mol. The zero-order chi connectivity index (χ0) is 12.6. The van der Waals surface area contributed by atoms with Crippen LogP contribution in [0.4, 0.5) is 0 Å². The molecule has 1 atom stereocenters. The number of aryl methyl sites for hydroxylation is 2. The van der Waals surface area contributed by atoms with Gasteiger partial charge in [0.1, 0.15) is 16.2 Å². The Morgan fingerprint density at radius 3 is 2.82 bits per heavy atom. The molecule has 0 aliphatic heterocycles. The molecule has 0 aliphatic carbocycles. The van der Waals surface area contributed by atoms with E-state index < -0.39 is 11.2 Å². The van der Waals surface area contributed by atoms with Crippen LogP contribution in [-0.2, 0) is 4.79 Å². The number of aromatic nitrogens is 2. The first-order valence-corrected chi connectivity index (χ1v) is 6.78. The SMILES string of the molecule is Cc1sc2ncnc(SC(C)C(=O)[O-])c2c1C. The Hall–Kier alpha value is -1.14. The molecule has 0 aromatic carbocycles. The number of hydrogen-bond donors (Lipinski definition) is 0. The van der Waals surface area contributed by atoms with Crippen molar-refractivity contribution in [3.05, 3.63) is 16.8 Å². The molecule has 2 aromatic rings. The van der Waals surface area contributed by atoms with Crippen molar-refractivity contribution in [3.63, 3.8) is 0 Å². The molecule has 2 aromatic heterocycles. The van der Waals surface area contributed by atoms with E-state index in [2.05, 4.69) is 9.97 Å². The van der Waals surface area contributed by atoms with Gasteiger partial charge in [0.05, 0.1) is 5.97 Å². The molecule has 0 fully saturated rings. The number of carbonyl (C=O) groups excluding carboxylic acids is 1. The maximum atomic E-state index is 10.8. The molecule has 0 amide bonds. The Labute approximate surface area is 107 Å². The Balaban J connectivity index is 2.50. The molecule has 2 rings (SSSR count). The second kappa shape index (κ2) is 4.62. The summed E-state index contributed by atoms with van der Waals surface area (Å²) in [4.78, 5) is 21.2. The van der Waals surface area contributed by atoms with Gasteiger partial charge in [0, 0.05) is 15.5 Å². The van der Waals surface area contributed by atoms with Crippen molar-refractivity contribution in [1.29, 1.82) is 0 Å². The largest absolute Gasteiger partial charge is 0.549 e. The fourth-order valence-electron chi connectivity index (χ4n) is 1.46. The molecule has 17 heavy (non-hydrogen) atoms. The lowest BCUT2D eigenvalue weighted by Crippen LogP contribution is -2.31. The summed E-state index contributed by atoms with van der Waals surface area (Å²) in [6.45, 7) is 5.63. The minimum atomic E-state index is -1.08. The van der Waals surface area contributed by atoms with E-state index in [9.17, 15) is 9.90 Å². The van der Waals surface area contributed by atoms with Gasteiger partial charge in [-0.3, -0.25) is 0 Å². The van der Waals surface area contributed by atoms with Gasteiger partial charge in [0.15, 0.2) is 0 Å². The van der Waals surface area contributed by atoms with Gasteiger partial charge in [0.2, 0.25) is 0 Å². The number of fused-ring (bicyclic) bond motifs is 1. The number of rotatable bonds is 3. The number of hydrogen-bond acceptors (Lipinski definition) is 6. The molecule has 0 saturated carbocycles. The first-order chi connectivity index (χ1) is 8.00. The summed E-state index contributed by atoms with van der Waals surface area (Å²) >= 11 is 2.80. The second-order valence-corrected chi connectivity index (χ2v) is 6.25. The van der Waals surface area contributed by atoms with E-state index in [0.29, 0.717) is 5.03 Å². The van der Waals surface area contributed by atoms with Crippen LogP contribution in [-0.4, -0.2) is 21.2 Å². The number of carboxylic acids is 1. The lowest BCUT2D eigenvalue weighted by atomic mass is 10.2. The number of thioether (sulfide) groups is 1. The Kier molecular flexibility index (Phi) is 3.35. The predicted octanol–water partition coefficient (Wildman–Crippen LogP) is 1.54. The summed E-state index contributed by atoms with van der Waals surface area (Å²) < 4.78 is 0. The van der Waals surface area contributed by atoms with Crippen molar-refractivity contribution >= 4 is 39.3 Å². The third kappa shape index (κ3) is 2.28. The van der Waals surface area contributed by atoms with Crippen LogP contribution in [0.3, 0.4) is 0 Å². The molecule has 0 bridgehead atoms. The highest BCUT2D eigenvalue weighted by atomic mass is 32.2. The summed E-state index contributed by atoms with van der Waals surface area (Å²) in [6.07, 6.45) is 1.47. The smallest absolute Gasteiger partial charge is 0.128 e. The van der Waals surface area contributed by atoms with Crippen LogP contribution in [0.2, 0.25) is 0 Å². The molecule has 0 saturated heterocycles. The lowest BCUT2D eigenvalue weighted by molar-refractivity contribution is -0.304. The van der Waals surface area contributed by atoms with Crippen molar-refractivity contribution < 1.29 is 9.90 Å². The highest BCUT2D eigenvalue weighted by Gasteiger charge is 2.15. The van der Waals surface area contributed by atoms with E-state index in [-0.39, 0.29) is 0 Å². The lowest BCUT2D eigenvalue weighted by Gasteiger charge is -2.11. The van der Waals surface area contributed by atoms with Gasteiger partial charge >= 0.3 is 0 Å². The van der Waals surface area contributed by atoms with Crippen LogP contribution in [0.1, 0.15) is 17.4 Å². The Bertz CT molecular complexity index is 580. The second-order valence-electron chi connectivity index (χ2n) is 3.72. The number of carbonyl (C=O) groups is 1. The van der Waals surface area contributed by atoms with Crippen molar-refractivity contribution in [2.24, 2.45) is 0 Å². The molecule has 4 nitrogen and oxygen atoms in total. The van der Waals surface area contributed by atoms with Gasteiger partial charge in [-0.15, -0.1) is 11.3 Å². The molecule has 0 radical (unpaired) electrons. The van der Waals surface area contributed by atoms with Gasteiger partial charge in [-0.1, -0.05) is 11.8 Å². The summed E-state index contributed by atoms with van der Waals surface area (Å²) in [5.41, 5.74) is 1.12. The first-order valence-electron chi connectivity index (χ1n) is 5.09. The molecule has 90 valence electrons. The highest BCUT2D eigenvalue weighted by molar-refractivity contribution is 8.00. The zero-order valence-corrected chi connectivity index (χ0v) is 11.3. The van der Waals surface area contributed by atoms with E-state index in [1.165, 1.54) is 23.0 Å². The quantitative estimate of drug-likeness (QED) is 0.623. The minimum absolute atomic E-state index is 0.618. The number of aliphatic carboxylic acids is 1. The average molecular weight is 267 g/mol. The van der Waals surface area contributed by atoms with Crippen molar-refractivity contribution in [1.82, 2.24) is 9.97 Å². The van der Waals surface area contributed by atoms with E-state index in [1.807, 2.05) is 13.8 Å². The summed E-state index contributed by atoms with van der Waals surface area (Å²) in [6, 6.07) is 0. The molecule has 6 heteroatoms. The minimum Gasteiger partial charge on any atom is -0.549 e. The van der Waals surface area contributed by atoms with Crippen LogP contribution < -0.4 is 5.11 Å². The summed E-state index contributed by atoms with van der Waals surface area (Å²) in [5, 5.41) is 11.8. The van der Waals surface area contributed by atoms with Crippen molar-refractivity contribution in [3.8, 4) is 0 Å². The first kappa shape index (κ1) is 12.3. The maximum Gasteiger partial charge on any atom is 0.128 e. The average Bonchev–Trinajstić information content (AvgIpc) is 2.56. The molecule has 2 heterocycles. The van der Waals surface area contributed by atoms with Gasteiger partial charge < -0.3 is 9.90 Å². The molecule has 0 aliphatic rings. The normalized spacial score (nSPS) is 12.9. The number of carboxylic acid groups (broad SMARTS) is 1. The monoisotopic (exact) mass is 267 g/mol. The third-order valence-electron chi connectivity index (χ3n) is 2.55. The Morgan fingerprint density at radius 1 is 1.47 bits per heavy atom. The van der Waals surface area contributed by atoms with Crippen LogP contribution >= 0.6 is 23.1 Å². The molecule has 1 unspecified atom stereocenters. The predicted molar refractivity (Wildman–Crippen MR) is 67.2 cm³/mol. The van der Waals surface area contributed by atoms with Crippen molar-refractivity contribution in [2.75, 3.05) is 0 Å². The number of thiophene rings is 1. The van der Waals surface area contributed by atoms with Crippen LogP contribution in [0.15, 0.2) is 11.4 Å². The molecule has 0 spiro atoms. The van der Waals surface area contributed by atoms with Crippen LogP contribution in [0.5, 0.6) is 0 Å². The van der Waals surface area contributed by atoms with Crippen LogP contribution in [0.25, 0.3) is 10.2 Å². The number of nitrogens with zero attached hydrogens (tertiary/aromatic N) is 2. The Morgan fingerprint density at radius 2 is 2.18 bits per heavy atom. The summed E-state index contributed by atoms with van der Waals surface area (Å²) in [5.74, 6) is -1.08. The van der Waals surface area contributed by atoms with Gasteiger partial charge in [0.25, 0.3) is 0 Å². The van der Waals surface area contributed by atoms with Crippen LogP contribution in [0, 0.1) is 13.8 Å². The van der Waals surface area contributed by atoms with E-state index >= 15 is 0 Å². The standard InChI is InChI=1S/C11H12N2O2S2/c1-5-6(2)16-9-8(5)10(13-4-12-9)17-7(3)11(14)15/h4,7H,1-3H3,(H,14,15)/p-1. The fraction of sp³-hybridized carbons (Fsp3) is 0.364. The highest BCUT2D eigenvalue weighted by Crippen LogP contribution is 2.35. The third-order valence-corrected chi connectivity index (χ3v) is 4.74.